The summed E-state index contributed by atoms with van der Waals surface area (Å²) in [5.74, 6) is -1.40. The molecule has 0 radical (unpaired) electrons. The largest absolute Gasteiger partial charge is 0.467 e. The van der Waals surface area contributed by atoms with E-state index in [1.807, 2.05) is 0 Å². The van der Waals surface area contributed by atoms with E-state index in [1.165, 1.54) is 18.1 Å². The molecule has 0 aromatic carbocycles. The minimum Gasteiger partial charge on any atom is -0.467 e. The van der Waals surface area contributed by atoms with Crippen LogP contribution in [0.5, 0.6) is 0 Å². The van der Waals surface area contributed by atoms with Crippen LogP contribution in [0.2, 0.25) is 0 Å². The standard InChI is InChI=1S/C19H30N2O6/c1-6-8-13-11-26-12-15(18(24)25-5)21(13)16(22)10-7-9-14(20)17(23)27-19(2,3)4/h6,9,13,15H,1,7-8,10-12,20H2,2-5H3. The number of amides is 1. The maximum atomic E-state index is 12.7. The highest BCUT2D eigenvalue weighted by Gasteiger charge is 2.38. The second-order valence-electron chi connectivity index (χ2n) is 7.26. The molecule has 0 aliphatic carbocycles. The van der Waals surface area contributed by atoms with Crippen molar-refractivity contribution in [1.82, 2.24) is 4.90 Å². The van der Waals surface area contributed by atoms with Gasteiger partial charge in [0.05, 0.1) is 26.4 Å². The molecule has 152 valence electrons. The number of carbonyl (C=O) groups excluding carboxylic acids is 3. The van der Waals surface area contributed by atoms with Crippen LogP contribution in [0, 0.1) is 0 Å². The number of allylic oxidation sites excluding steroid dienone is 1. The third-order valence-electron chi connectivity index (χ3n) is 3.87. The van der Waals surface area contributed by atoms with E-state index in [9.17, 15) is 14.4 Å². The number of carbonyl (C=O) groups is 3. The number of ether oxygens (including phenoxy) is 3. The van der Waals surface area contributed by atoms with Crippen molar-refractivity contribution in [2.75, 3.05) is 20.3 Å². The van der Waals surface area contributed by atoms with Gasteiger partial charge in [-0.25, -0.2) is 9.59 Å². The monoisotopic (exact) mass is 382 g/mol. The summed E-state index contributed by atoms with van der Waals surface area (Å²) in [7, 11) is 1.27. The Kier molecular flexibility index (Phi) is 8.49. The van der Waals surface area contributed by atoms with E-state index in [2.05, 4.69) is 6.58 Å². The van der Waals surface area contributed by atoms with Gasteiger partial charge < -0.3 is 24.8 Å². The predicted octanol–water partition coefficient (Wildman–Crippen LogP) is 1.30. The molecule has 0 bridgehead atoms. The fraction of sp³-hybridized carbons (Fsp3) is 0.632. The zero-order chi connectivity index (χ0) is 20.6. The van der Waals surface area contributed by atoms with Gasteiger partial charge in [-0.15, -0.1) is 6.58 Å². The van der Waals surface area contributed by atoms with Crippen LogP contribution in [0.1, 0.15) is 40.0 Å². The molecule has 0 aromatic heterocycles. The SMILES string of the molecule is C=CCC1COCC(C(=O)OC)N1C(=O)CCC=C(N)C(=O)OC(C)(C)C. The van der Waals surface area contributed by atoms with E-state index < -0.39 is 23.6 Å². The summed E-state index contributed by atoms with van der Waals surface area (Å²) in [6.07, 6.45) is 3.96. The van der Waals surface area contributed by atoms with Crippen LogP contribution >= 0.6 is 0 Å². The molecule has 8 nitrogen and oxygen atoms in total. The molecule has 1 fully saturated rings. The van der Waals surface area contributed by atoms with E-state index in [4.69, 9.17) is 19.9 Å². The van der Waals surface area contributed by atoms with Crippen molar-refractivity contribution in [3.05, 3.63) is 24.4 Å². The van der Waals surface area contributed by atoms with Gasteiger partial charge in [0, 0.05) is 6.42 Å². The molecule has 1 rings (SSSR count). The smallest absolute Gasteiger partial charge is 0.354 e. The second kappa shape index (κ2) is 10.1. The molecule has 8 heteroatoms. The van der Waals surface area contributed by atoms with Gasteiger partial charge in [-0.1, -0.05) is 12.2 Å². The molecular weight excluding hydrogens is 352 g/mol. The first-order valence-corrected chi connectivity index (χ1v) is 8.87. The molecule has 1 aliphatic rings. The average Bonchev–Trinajstić information content (AvgIpc) is 2.59. The average molecular weight is 382 g/mol. The van der Waals surface area contributed by atoms with Gasteiger partial charge in [0.25, 0.3) is 0 Å². The lowest BCUT2D eigenvalue weighted by Gasteiger charge is -2.40. The minimum absolute atomic E-state index is 0.0492. The van der Waals surface area contributed by atoms with E-state index >= 15 is 0 Å². The summed E-state index contributed by atoms with van der Waals surface area (Å²) in [6, 6.07) is -1.09. The van der Waals surface area contributed by atoms with Crippen LogP contribution in [0.25, 0.3) is 0 Å². The van der Waals surface area contributed by atoms with E-state index in [0.29, 0.717) is 13.0 Å². The van der Waals surface area contributed by atoms with Crippen LogP contribution < -0.4 is 5.73 Å². The molecule has 2 atom stereocenters. The summed E-state index contributed by atoms with van der Waals surface area (Å²) in [5, 5.41) is 0. The van der Waals surface area contributed by atoms with E-state index in [0.717, 1.165) is 0 Å². The number of esters is 2. The fourth-order valence-corrected chi connectivity index (χ4v) is 2.70. The number of hydrogen-bond acceptors (Lipinski definition) is 7. The number of nitrogens with zero attached hydrogens (tertiary/aromatic N) is 1. The minimum atomic E-state index is -0.798. The highest BCUT2D eigenvalue weighted by molar-refractivity contribution is 5.88. The highest BCUT2D eigenvalue weighted by atomic mass is 16.6. The number of methoxy groups -OCH3 is 1. The van der Waals surface area contributed by atoms with Crippen LogP contribution in [-0.2, 0) is 28.6 Å². The van der Waals surface area contributed by atoms with Gasteiger partial charge in [-0.05, 0) is 33.6 Å². The number of nitrogens with two attached hydrogens (primary N) is 1. The second-order valence-corrected chi connectivity index (χ2v) is 7.26. The Balaban J connectivity index is 2.78. The Morgan fingerprint density at radius 1 is 1.30 bits per heavy atom. The van der Waals surface area contributed by atoms with Crippen molar-refractivity contribution < 1.29 is 28.6 Å². The maximum absolute atomic E-state index is 12.7. The van der Waals surface area contributed by atoms with Gasteiger partial charge in [-0.2, -0.15) is 0 Å². The van der Waals surface area contributed by atoms with Crippen LogP contribution in [-0.4, -0.2) is 60.8 Å². The first-order chi connectivity index (χ1) is 12.6. The quantitative estimate of drug-likeness (QED) is 0.401. The normalized spacial score (nSPS) is 20.7. The molecule has 1 saturated heterocycles. The van der Waals surface area contributed by atoms with Crippen molar-refractivity contribution in [2.45, 2.75) is 57.7 Å². The van der Waals surface area contributed by atoms with Crippen molar-refractivity contribution >= 4 is 17.8 Å². The van der Waals surface area contributed by atoms with E-state index in [-0.39, 0.29) is 37.1 Å². The number of morpholine rings is 1. The van der Waals surface area contributed by atoms with Gasteiger partial charge in [0.1, 0.15) is 11.3 Å². The summed E-state index contributed by atoms with van der Waals surface area (Å²) < 4.78 is 15.4. The van der Waals surface area contributed by atoms with Crippen LogP contribution in [0.3, 0.4) is 0 Å². The fourth-order valence-electron chi connectivity index (χ4n) is 2.70. The molecule has 27 heavy (non-hydrogen) atoms. The molecule has 2 N–H and O–H groups in total. The third kappa shape index (κ3) is 7.05. The van der Waals surface area contributed by atoms with Gasteiger partial charge in [0.15, 0.2) is 6.04 Å². The topological polar surface area (TPSA) is 108 Å². The van der Waals surface area contributed by atoms with Crippen LogP contribution in [0.15, 0.2) is 24.4 Å². The summed E-state index contributed by atoms with van der Waals surface area (Å²) in [4.78, 5) is 38.1. The van der Waals surface area contributed by atoms with Crippen molar-refractivity contribution in [2.24, 2.45) is 5.73 Å². The molecule has 1 heterocycles. The molecule has 2 unspecified atom stereocenters. The Labute approximate surface area is 160 Å². The van der Waals surface area contributed by atoms with Gasteiger partial charge in [0.2, 0.25) is 5.91 Å². The molecule has 1 amide bonds. The highest BCUT2D eigenvalue weighted by Crippen LogP contribution is 2.20. The zero-order valence-electron chi connectivity index (χ0n) is 16.5. The predicted molar refractivity (Wildman–Crippen MR) is 99.4 cm³/mol. The van der Waals surface area contributed by atoms with E-state index in [1.54, 1.807) is 26.8 Å². The lowest BCUT2D eigenvalue weighted by molar-refractivity contribution is -0.165. The molecular formula is C19H30N2O6. The first kappa shape index (κ1) is 22.7. The Hall–Kier alpha value is -2.35. The van der Waals surface area contributed by atoms with Crippen LogP contribution in [0.4, 0.5) is 0 Å². The van der Waals surface area contributed by atoms with Gasteiger partial charge in [-0.3, -0.25) is 4.79 Å². The van der Waals surface area contributed by atoms with Crippen molar-refractivity contribution in [3.63, 3.8) is 0 Å². The Morgan fingerprint density at radius 2 is 1.96 bits per heavy atom. The molecule has 0 spiro atoms. The number of rotatable bonds is 7. The maximum Gasteiger partial charge on any atom is 0.354 e. The lowest BCUT2D eigenvalue weighted by atomic mass is 10.1. The van der Waals surface area contributed by atoms with Gasteiger partial charge >= 0.3 is 11.9 Å². The molecule has 1 aliphatic heterocycles. The summed E-state index contributed by atoms with van der Waals surface area (Å²) in [6.45, 7) is 9.32. The van der Waals surface area contributed by atoms with Crippen molar-refractivity contribution in [1.29, 1.82) is 0 Å². The summed E-state index contributed by atoms with van der Waals surface area (Å²) in [5.41, 5.74) is 5.02. The summed E-state index contributed by atoms with van der Waals surface area (Å²) >= 11 is 0. The molecule has 0 saturated carbocycles. The Morgan fingerprint density at radius 3 is 2.52 bits per heavy atom. The number of hydrogen-bond donors (Lipinski definition) is 1. The zero-order valence-corrected chi connectivity index (χ0v) is 16.5. The lowest BCUT2D eigenvalue weighted by Crippen LogP contribution is -2.58. The first-order valence-electron chi connectivity index (χ1n) is 8.87. The molecule has 0 aromatic rings. The third-order valence-corrected chi connectivity index (χ3v) is 3.87. The Bertz CT molecular complexity index is 593. The van der Waals surface area contributed by atoms with Crippen molar-refractivity contribution in [3.8, 4) is 0 Å².